The summed E-state index contributed by atoms with van der Waals surface area (Å²) in [6.07, 6.45) is 15.1. The van der Waals surface area contributed by atoms with Gasteiger partial charge in [0.25, 0.3) is 7.82 Å². The summed E-state index contributed by atoms with van der Waals surface area (Å²) in [6, 6.07) is 0. The van der Waals surface area contributed by atoms with Crippen LogP contribution in [0.3, 0.4) is 0 Å². The maximum absolute atomic E-state index is 12.0. The summed E-state index contributed by atoms with van der Waals surface area (Å²) in [7, 11) is 1.16. The Morgan fingerprint density at radius 2 is 1.36 bits per heavy atom. The Kier molecular flexibility index (Phi) is 20.4. The van der Waals surface area contributed by atoms with Crippen molar-refractivity contribution in [2.75, 3.05) is 47.5 Å². The molecule has 0 radical (unpaired) electrons. The van der Waals surface area contributed by atoms with E-state index < -0.39 is 32.5 Å². The summed E-state index contributed by atoms with van der Waals surface area (Å²) in [6.45, 7) is 3.13. The largest absolute Gasteiger partial charge is 0.756 e. The summed E-state index contributed by atoms with van der Waals surface area (Å²) >= 11 is 0. The number of phosphoric ester groups is 1. The van der Waals surface area contributed by atoms with E-state index in [0.717, 1.165) is 19.3 Å². The van der Waals surface area contributed by atoms with Gasteiger partial charge in [-0.15, -0.1) is 0 Å². The van der Waals surface area contributed by atoms with Crippen molar-refractivity contribution >= 4 is 19.8 Å². The van der Waals surface area contributed by atoms with Crippen molar-refractivity contribution in [3.05, 3.63) is 0 Å². The third-order valence-corrected chi connectivity index (χ3v) is 6.64. The molecule has 0 saturated carbocycles. The first-order chi connectivity index (χ1) is 16.9. The van der Waals surface area contributed by atoms with Crippen molar-refractivity contribution in [1.82, 2.24) is 0 Å². The number of rotatable bonds is 24. The first-order valence-corrected chi connectivity index (χ1v) is 15.1. The number of hydrogen-bond acceptors (Lipinski definition) is 8. The van der Waals surface area contributed by atoms with E-state index in [1.165, 1.54) is 71.1 Å². The molecule has 0 aromatic heterocycles. The molecule has 0 aliphatic heterocycles. The van der Waals surface area contributed by atoms with Crippen LogP contribution in [-0.2, 0) is 32.7 Å². The molecule has 0 aromatic rings. The summed E-state index contributed by atoms with van der Waals surface area (Å²) < 4.78 is 32.3. The number of carbonyl (C=O) groups is 2. The highest BCUT2D eigenvalue weighted by Crippen LogP contribution is 2.38. The number of quaternary nitrogens is 1. The van der Waals surface area contributed by atoms with Gasteiger partial charge in [0, 0.05) is 13.3 Å². The third-order valence-electron chi connectivity index (χ3n) is 5.68. The van der Waals surface area contributed by atoms with E-state index in [9.17, 15) is 19.0 Å². The van der Waals surface area contributed by atoms with Crippen LogP contribution < -0.4 is 4.89 Å². The Hall–Kier alpha value is -0.990. The molecule has 0 bridgehead atoms. The van der Waals surface area contributed by atoms with Gasteiger partial charge in [0.2, 0.25) is 0 Å². The van der Waals surface area contributed by atoms with Gasteiger partial charge in [0.1, 0.15) is 19.8 Å². The molecule has 0 rings (SSSR count). The number of likely N-dealkylation sites (N-methyl/N-ethyl adjacent to an activating group) is 1. The van der Waals surface area contributed by atoms with Crippen molar-refractivity contribution in [3.63, 3.8) is 0 Å². The predicted octanol–water partition coefficient (Wildman–Crippen LogP) is 5.15. The van der Waals surface area contributed by atoms with E-state index in [0.29, 0.717) is 11.0 Å². The second kappa shape index (κ2) is 21.0. The number of nitrogens with zero attached hydrogens (tertiary/aromatic N) is 1. The molecule has 0 spiro atoms. The van der Waals surface area contributed by atoms with Crippen LogP contribution in [-0.4, -0.2) is 70.0 Å². The Balaban J connectivity index is 3.95. The fourth-order valence-corrected chi connectivity index (χ4v) is 4.26. The lowest BCUT2D eigenvalue weighted by Gasteiger charge is -2.28. The molecule has 0 aromatic carbocycles. The number of unbranched alkanes of at least 4 members (excludes halogenated alkanes) is 12. The normalized spacial score (nSPS) is 14.3. The van der Waals surface area contributed by atoms with Crippen molar-refractivity contribution in [1.29, 1.82) is 0 Å². The minimum atomic E-state index is -4.56. The monoisotopic (exact) mass is 539 g/mol. The molecule has 10 heteroatoms. The van der Waals surface area contributed by atoms with Crippen LogP contribution in [0.1, 0.15) is 104 Å². The number of carbonyl (C=O) groups excluding carboxylic acids is 2. The molecule has 0 heterocycles. The topological polar surface area (TPSA) is 111 Å². The van der Waals surface area contributed by atoms with E-state index in [1.54, 1.807) is 0 Å². The third kappa shape index (κ3) is 24.7. The molecule has 36 heavy (non-hydrogen) atoms. The second-order valence-corrected chi connectivity index (χ2v) is 11.9. The van der Waals surface area contributed by atoms with Gasteiger partial charge in [0.15, 0.2) is 6.10 Å². The Morgan fingerprint density at radius 1 is 0.861 bits per heavy atom. The zero-order valence-corrected chi connectivity index (χ0v) is 24.4. The SMILES string of the molecule is CCCCCCCCCCCCCCC[14C](=O)OC[C@H](COP(=O)([O-])OCC[N+](C)(C)C)OC(C)=O. The fourth-order valence-electron chi connectivity index (χ4n) is 3.53. The average Bonchev–Trinajstić information content (AvgIpc) is 2.77. The lowest BCUT2D eigenvalue weighted by molar-refractivity contribution is -0.870. The molecule has 0 saturated heterocycles. The molecule has 0 aliphatic rings. The van der Waals surface area contributed by atoms with Crippen LogP contribution in [0.25, 0.3) is 0 Å². The first-order valence-electron chi connectivity index (χ1n) is 13.7. The van der Waals surface area contributed by atoms with Gasteiger partial charge in [0.05, 0.1) is 27.7 Å². The van der Waals surface area contributed by atoms with Crippen LogP contribution in [0.15, 0.2) is 0 Å². The standard InChI is InChI=1S/C26H52NO8P/c1-6-7-8-9-10-11-12-13-14-15-16-17-18-19-26(29)32-22-25(35-24(2)28)23-34-36(30,31)33-21-20-27(3,4)5/h25H,6-23H2,1-5H3/t25-/m1/s1/i26+2. The first kappa shape index (κ1) is 35.0. The van der Waals surface area contributed by atoms with E-state index >= 15 is 0 Å². The highest BCUT2D eigenvalue weighted by Gasteiger charge is 2.20. The molecule has 0 aliphatic carbocycles. The van der Waals surface area contributed by atoms with Gasteiger partial charge < -0.3 is 27.9 Å². The van der Waals surface area contributed by atoms with Crippen LogP contribution >= 0.6 is 7.82 Å². The van der Waals surface area contributed by atoms with E-state index in [1.807, 2.05) is 21.1 Å². The second-order valence-electron chi connectivity index (χ2n) is 10.5. The number of phosphoric acid groups is 1. The molecular formula is C26H52NO8P. The van der Waals surface area contributed by atoms with E-state index in [2.05, 4.69) is 6.92 Å². The van der Waals surface area contributed by atoms with E-state index in [4.69, 9.17) is 18.5 Å². The summed E-state index contributed by atoms with van der Waals surface area (Å²) in [5, 5.41) is 0. The smallest absolute Gasteiger partial charge is 0.305 e. The minimum absolute atomic E-state index is 0.0311. The lowest BCUT2D eigenvalue weighted by atomic mass is 10.0. The molecule has 0 amide bonds. The molecule has 214 valence electrons. The van der Waals surface area contributed by atoms with Gasteiger partial charge in [-0.25, -0.2) is 0 Å². The molecule has 9 nitrogen and oxygen atoms in total. The molecule has 0 fully saturated rings. The van der Waals surface area contributed by atoms with Gasteiger partial charge >= 0.3 is 11.9 Å². The maximum atomic E-state index is 12.0. The molecular weight excluding hydrogens is 487 g/mol. The van der Waals surface area contributed by atoms with Crippen molar-refractivity contribution < 1.29 is 42.1 Å². The van der Waals surface area contributed by atoms with Gasteiger partial charge in [-0.2, -0.15) is 0 Å². The van der Waals surface area contributed by atoms with E-state index in [-0.39, 0.29) is 19.6 Å². The quantitative estimate of drug-likeness (QED) is 0.0717. The van der Waals surface area contributed by atoms with Crippen molar-refractivity contribution in [2.24, 2.45) is 0 Å². The summed E-state index contributed by atoms with van der Waals surface area (Å²) in [5.74, 6) is -1.03. The average molecular weight is 540 g/mol. The van der Waals surface area contributed by atoms with Crippen LogP contribution in [0.4, 0.5) is 0 Å². The van der Waals surface area contributed by atoms with Crippen molar-refractivity contribution in [2.45, 2.75) is 110 Å². The number of ether oxygens (including phenoxy) is 2. The fraction of sp³-hybridized carbons (Fsp3) is 0.923. The summed E-state index contributed by atoms with van der Waals surface area (Å²) in [4.78, 5) is 35.3. The summed E-state index contributed by atoms with van der Waals surface area (Å²) in [5.41, 5.74) is 0. The zero-order valence-electron chi connectivity index (χ0n) is 23.5. The zero-order chi connectivity index (χ0) is 27.3. The predicted molar refractivity (Wildman–Crippen MR) is 139 cm³/mol. The molecule has 0 N–H and O–H groups in total. The Labute approximate surface area is 219 Å². The van der Waals surface area contributed by atoms with Gasteiger partial charge in [-0.05, 0) is 6.42 Å². The Bertz CT molecular complexity index is 624. The lowest BCUT2D eigenvalue weighted by Crippen LogP contribution is -2.37. The molecule has 2 atom stereocenters. The number of esters is 2. The van der Waals surface area contributed by atoms with Crippen LogP contribution in [0.5, 0.6) is 0 Å². The highest BCUT2D eigenvalue weighted by atomic mass is 31.2. The highest BCUT2D eigenvalue weighted by molar-refractivity contribution is 7.45. The minimum Gasteiger partial charge on any atom is -0.756 e. The maximum Gasteiger partial charge on any atom is 0.305 e. The van der Waals surface area contributed by atoms with Crippen LogP contribution in [0, 0.1) is 0 Å². The van der Waals surface area contributed by atoms with Crippen LogP contribution in [0.2, 0.25) is 0 Å². The van der Waals surface area contributed by atoms with Gasteiger partial charge in [-0.3, -0.25) is 14.2 Å². The van der Waals surface area contributed by atoms with Gasteiger partial charge in [-0.1, -0.05) is 84.0 Å². The molecule has 1 unspecified atom stereocenters. The Morgan fingerprint density at radius 3 is 1.83 bits per heavy atom. The number of hydrogen-bond donors (Lipinski definition) is 0. The van der Waals surface area contributed by atoms with Crippen molar-refractivity contribution in [3.8, 4) is 0 Å².